The summed E-state index contributed by atoms with van der Waals surface area (Å²) < 4.78 is 8.31. The molecule has 3 rings (SSSR count). The predicted molar refractivity (Wildman–Crippen MR) is 88.7 cm³/mol. The number of aryl methyl sites for hydroxylation is 1. The molecule has 2 aromatic heterocycles. The minimum Gasteiger partial charge on any atom is -0.348 e. The topological polar surface area (TPSA) is 83.6 Å². The Balaban J connectivity index is 1.45. The summed E-state index contributed by atoms with van der Waals surface area (Å²) in [6.07, 6.45) is 0. The zero-order valence-electron chi connectivity index (χ0n) is 12.0. The lowest BCUT2D eigenvalue weighted by Crippen LogP contribution is -2.25. The molecular formula is C14H15N5OS2. The number of carbonyl (C=O) groups excluding carboxylic acids is 1. The molecule has 0 unspecified atom stereocenters. The maximum Gasteiger partial charge on any atom is 0.230 e. The first-order chi connectivity index (χ1) is 10.7. The van der Waals surface area contributed by atoms with E-state index in [-0.39, 0.29) is 5.91 Å². The van der Waals surface area contributed by atoms with Gasteiger partial charge in [-0.3, -0.25) is 4.79 Å². The Kier molecular flexibility index (Phi) is 4.69. The van der Waals surface area contributed by atoms with Crippen molar-refractivity contribution in [2.45, 2.75) is 19.2 Å². The molecular weight excluding hydrogens is 318 g/mol. The van der Waals surface area contributed by atoms with Crippen molar-refractivity contribution in [3.8, 4) is 0 Å². The van der Waals surface area contributed by atoms with Crippen LogP contribution in [0.1, 0.15) is 17.2 Å². The summed E-state index contributed by atoms with van der Waals surface area (Å²) in [4.78, 5) is 19.4. The molecule has 0 atom stereocenters. The molecule has 22 heavy (non-hydrogen) atoms. The number of amides is 1. The van der Waals surface area contributed by atoms with E-state index in [1.165, 1.54) is 23.5 Å². The third-order valence-electron chi connectivity index (χ3n) is 3.11. The molecule has 0 radical (unpaired) electrons. The number of carbonyl (C=O) groups is 1. The zero-order chi connectivity index (χ0) is 15.4. The van der Waals surface area contributed by atoms with Crippen LogP contribution < -0.4 is 5.32 Å². The van der Waals surface area contributed by atoms with Crippen molar-refractivity contribution >= 4 is 40.4 Å². The van der Waals surface area contributed by atoms with E-state index < -0.39 is 0 Å². The molecule has 8 heteroatoms. The highest BCUT2D eigenvalue weighted by molar-refractivity contribution is 7.99. The second-order valence-electron chi connectivity index (χ2n) is 4.77. The molecule has 0 aliphatic carbocycles. The molecule has 1 aromatic carbocycles. The lowest BCUT2D eigenvalue weighted by Gasteiger charge is -2.02. The molecule has 0 fully saturated rings. The number of nitrogens with one attached hydrogen (secondary N) is 2. The Bertz CT molecular complexity index is 749. The van der Waals surface area contributed by atoms with Crippen LogP contribution in [0.4, 0.5) is 0 Å². The number of hydrogen-bond acceptors (Lipinski definition) is 6. The Morgan fingerprint density at radius 3 is 3.00 bits per heavy atom. The summed E-state index contributed by atoms with van der Waals surface area (Å²) in [6.45, 7) is 2.34. The van der Waals surface area contributed by atoms with Crippen molar-refractivity contribution in [3.63, 3.8) is 0 Å². The average Bonchev–Trinajstić information content (AvgIpc) is 3.11. The number of hydrogen-bond donors (Lipinski definition) is 2. The van der Waals surface area contributed by atoms with Gasteiger partial charge in [-0.05, 0) is 19.1 Å². The Labute approximate surface area is 136 Å². The Morgan fingerprint density at radius 1 is 1.36 bits per heavy atom. The van der Waals surface area contributed by atoms with Gasteiger partial charge in [-0.15, -0.1) is 11.8 Å². The van der Waals surface area contributed by atoms with E-state index in [1.807, 2.05) is 31.2 Å². The zero-order valence-corrected chi connectivity index (χ0v) is 13.6. The summed E-state index contributed by atoms with van der Waals surface area (Å²) >= 11 is 2.74. The van der Waals surface area contributed by atoms with Gasteiger partial charge in [0.25, 0.3) is 0 Å². The second-order valence-corrected chi connectivity index (χ2v) is 6.28. The van der Waals surface area contributed by atoms with Gasteiger partial charge in [0, 0.05) is 5.75 Å². The number of nitrogens with zero attached hydrogens (tertiary/aromatic N) is 3. The monoisotopic (exact) mass is 333 g/mol. The number of rotatable bonds is 6. The van der Waals surface area contributed by atoms with Gasteiger partial charge in [0.15, 0.2) is 0 Å². The molecule has 0 aliphatic rings. The van der Waals surface area contributed by atoms with Gasteiger partial charge >= 0.3 is 0 Å². The van der Waals surface area contributed by atoms with E-state index >= 15 is 0 Å². The van der Waals surface area contributed by atoms with E-state index in [2.05, 4.69) is 24.0 Å². The number of aromatic amines is 1. The molecule has 0 aliphatic heterocycles. The first kappa shape index (κ1) is 15.0. The number of benzene rings is 1. The molecule has 2 heterocycles. The summed E-state index contributed by atoms with van der Waals surface area (Å²) in [5, 5.41) is 2.87. The SMILES string of the molecule is Cc1nsnc1CSCC(=O)NCc1nc2ccccc2[nH]1. The average molecular weight is 333 g/mol. The summed E-state index contributed by atoms with van der Waals surface area (Å²) in [6, 6.07) is 7.80. The minimum absolute atomic E-state index is 0.00806. The summed E-state index contributed by atoms with van der Waals surface area (Å²) in [5.41, 5.74) is 3.79. The van der Waals surface area contributed by atoms with Crippen LogP contribution >= 0.6 is 23.5 Å². The van der Waals surface area contributed by atoms with Gasteiger partial charge in [0.05, 0.1) is 46.4 Å². The van der Waals surface area contributed by atoms with Crippen LogP contribution in [0.2, 0.25) is 0 Å². The molecule has 0 spiro atoms. The van der Waals surface area contributed by atoms with E-state index in [9.17, 15) is 4.79 Å². The van der Waals surface area contributed by atoms with Gasteiger partial charge in [0.2, 0.25) is 5.91 Å². The maximum absolute atomic E-state index is 11.8. The first-order valence-electron chi connectivity index (χ1n) is 6.78. The molecule has 0 saturated heterocycles. The van der Waals surface area contributed by atoms with Crippen molar-refractivity contribution in [2.75, 3.05) is 5.75 Å². The molecule has 0 bridgehead atoms. The lowest BCUT2D eigenvalue weighted by atomic mass is 10.3. The second kappa shape index (κ2) is 6.89. The fourth-order valence-electron chi connectivity index (χ4n) is 1.94. The van der Waals surface area contributed by atoms with E-state index in [0.717, 1.165) is 28.2 Å². The number of H-pyrrole nitrogens is 1. The highest BCUT2D eigenvalue weighted by atomic mass is 32.2. The highest BCUT2D eigenvalue weighted by Gasteiger charge is 2.07. The van der Waals surface area contributed by atoms with Crippen molar-refractivity contribution in [3.05, 3.63) is 41.5 Å². The molecule has 0 saturated carbocycles. The van der Waals surface area contributed by atoms with Crippen molar-refractivity contribution in [1.29, 1.82) is 0 Å². The maximum atomic E-state index is 11.8. The highest BCUT2D eigenvalue weighted by Crippen LogP contribution is 2.14. The fraction of sp³-hybridized carbons (Fsp3) is 0.286. The van der Waals surface area contributed by atoms with Crippen LogP contribution in [0.25, 0.3) is 11.0 Å². The van der Waals surface area contributed by atoms with Gasteiger partial charge in [-0.1, -0.05) is 12.1 Å². The largest absolute Gasteiger partial charge is 0.348 e. The van der Waals surface area contributed by atoms with Crippen LogP contribution in [0.3, 0.4) is 0 Å². The van der Waals surface area contributed by atoms with Crippen LogP contribution in [0, 0.1) is 6.92 Å². The number of imidazole rings is 1. The Hall–Kier alpha value is -1.93. The molecule has 114 valence electrons. The molecule has 3 aromatic rings. The summed E-state index contributed by atoms with van der Waals surface area (Å²) in [7, 11) is 0. The first-order valence-corrected chi connectivity index (χ1v) is 8.67. The molecule has 6 nitrogen and oxygen atoms in total. The standard InChI is InChI=1S/C14H15N5OS2/c1-9-12(19-22-18-9)7-21-8-14(20)15-6-13-16-10-4-2-3-5-11(10)17-13/h2-5H,6-8H2,1H3,(H,15,20)(H,16,17). The number of fused-ring (bicyclic) bond motifs is 1. The quantitative estimate of drug-likeness (QED) is 0.723. The van der Waals surface area contributed by atoms with Crippen molar-refractivity contribution in [1.82, 2.24) is 24.0 Å². The van der Waals surface area contributed by atoms with Crippen LogP contribution in [0.15, 0.2) is 24.3 Å². The van der Waals surface area contributed by atoms with Crippen molar-refractivity contribution < 1.29 is 4.79 Å². The molecule has 1 amide bonds. The van der Waals surface area contributed by atoms with E-state index in [1.54, 1.807) is 0 Å². The number of thioether (sulfide) groups is 1. The van der Waals surface area contributed by atoms with E-state index in [0.29, 0.717) is 18.1 Å². The van der Waals surface area contributed by atoms with Crippen molar-refractivity contribution in [2.24, 2.45) is 0 Å². The van der Waals surface area contributed by atoms with E-state index in [4.69, 9.17) is 0 Å². The third kappa shape index (κ3) is 3.63. The number of para-hydroxylation sites is 2. The normalized spacial score (nSPS) is 11.0. The minimum atomic E-state index is -0.00806. The van der Waals surface area contributed by atoms with Crippen LogP contribution in [0.5, 0.6) is 0 Å². The summed E-state index contributed by atoms with van der Waals surface area (Å²) in [5.74, 6) is 1.86. The smallest absolute Gasteiger partial charge is 0.230 e. The van der Waals surface area contributed by atoms with Gasteiger partial charge < -0.3 is 10.3 Å². The fourth-order valence-corrected chi connectivity index (χ4v) is 3.45. The van der Waals surface area contributed by atoms with Crippen LogP contribution in [-0.4, -0.2) is 30.4 Å². The van der Waals surface area contributed by atoms with Gasteiger partial charge in [-0.2, -0.15) is 8.75 Å². The van der Waals surface area contributed by atoms with Gasteiger partial charge in [-0.25, -0.2) is 4.98 Å². The lowest BCUT2D eigenvalue weighted by molar-refractivity contribution is -0.118. The molecule has 2 N–H and O–H groups in total. The third-order valence-corrected chi connectivity index (χ3v) is 4.71. The number of aromatic nitrogens is 4. The van der Waals surface area contributed by atoms with Crippen LogP contribution in [-0.2, 0) is 17.1 Å². The van der Waals surface area contributed by atoms with Gasteiger partial charge in [0.1, 0.15) is 5.82 Å². The predicted octanol–water partition coefficient (Wildman–Crippen LogP) is 2.27. The Morgan fingerprint density at radius 2 is 2.23 bits per heavy atom.